The van der Waals surface area contributed by atoms with Crippen molar-refractivity contribution in [3.05, 3.63) is 29.3 Å². The first-order valence-electron chi connectivity index (χ1n) is 4.33. The Hall–Kier alpha value is -0.870. The van der Waals surface area contributed by atoms with Gasteiger partial charge >= 0.3 is 0 Å². The third-order valence-electron chi connectivity index (χ3n) is 1.97. The Morgan fingerprint density at radius 3 is 2.62 bits per heavy atom. The van der Waals surface area contributed by atoms with Crippen molar-refractivity contribution >= 4 is 11.8 Å². The molecule has 0 saturated carbocycles. The van der Waals surface area contributed by atoms with E-state index in [2.05, 4.69) is 43.9 Å². The predicted molar refractivity (Wildman–Crippen MR) is 60.1 cm³/mol. The molecule has 0 N–H and O–H groups in total. The minimum atomic E-state index is 0.888. The lowest BCUT2D eigenvalue weighted by molar-refractivity contribution is 1.28. The van der Waals surface area contributed by atoms with Gasteiger partial charge < -0.3 is 0 Å². The monoisotopic (exact) mass is 190 g/mol. The molecule has 0 aliphatic rings. The fraction of sp³-hybridized carbons (Fsp3) is 0.333. The molecule has 1 aromatic carbocycles. The van der Waals surface area contributed by atoms with Crippen molar-refractivity contribution in [1.82, 2.24) is 0 Å². The molecule has 0 radical (unpaired) electrons. The maximum absolute atomic E-state index is 3.04. The van der Waals surface area contributed by atoms with Gasteiger partial charge in [0.25, 0.3) is 0 Å². The highest BCUT2D eigenvalue weighted by Crippen LogP contribution is 2.20. The van der Waals surface area contributed by atoms with Gasteiger partial charge in [-0.25, -0.2) is 0 Å². The highest BCUT2D eigenvalue weighted by atomic mass is 32.2. The van der Waals surface area contributed by atoms with E-state index >= 15 is 0 Å². The summed E-state index contributed by atoms with van der Waals surface area (Å²) in [4.78, 5) is 1.31. The van der Waals surface area contributed by atoms with Gasteiger partial charge in [-0.1, -0.05) is 12.0 Å². The summed E-state index contributed by atoms with van der Waals surface area (Å²) in [6.45, 7) is 6.15. The first-order chi connectivity index (χ1) is 6.24. The second-order valence-electron chi connectivity index (χ2n) is 2.96. The quantitative estimate of drug-likeness (QED) is 0.508. The molecular formula is C12H14S. The molecule has 0 nitrogen and oxygen atoms in total. The lowest BCUT2D eigenvalue weighted by Gasteiger charge is -2.02. The van der Waals surface area contributed by atoms with Crippen LogP contribution in [0.25, 0.3) is 0 Å². The molecule has 0 saturated heterocycles. The second-order valence-corrected chi connectivity index (χ2v) is 4.01. The van der Waals surface area contributed by atoms with Crippen molar-refractivity contribution in [2.24, 2.45) is 0 Å². The highest BCUT2D eigenvalue weighted by molar-refractivity contribution is 7.99. The van der Waals surface area contributed by atoms with Crippen molar-refractivity contribution in [1.29, 1.82) is 0 Å². The van der Waals surface area contributed by atoms with Crippen LogP contribution in [0, 0.1) is 25.7 Å². The Morgan fingerprint density at radius 2 is 2.00 bits per heavy atom. The Bertz CT molecular complexity index is 342. The van der Waals surface area contributed by atoms with Gasteiger partial charge in [-0.05, 0) is 44.0 Å². The molecule has 0 spiro atoms. The van der Waals surface area contributed by atoms with Crippen LogP contribution in [0.5, 0.6) is 0 Å². The molecule has 68 valence electrons. The maximum Gasteiger partial charge on any atom is 0.0594 e. The van der Waals surface area contributed by atoms with Gasteiger partial charge in [0.05, 0.1) is 5.75 Å². The molecule has 0 unspecified atom stereocenters. The predicted octanol–water partition coefficient (Wildman–Crippen LogP) is 3.42. The third-order valence-corrected chi connectivity index (χ3v) is 2.84. The van der Waals surface area contributed by atoms with E-state index in [4.69, 9.17) is 0 Å². The summed E-state index contributed by atoms with van der Waals surface area (Å²) in [5.74, 6) is 6.82. The molecule has 0 bridgehead atoms. The Morgan fingerprint density at radius 1 is 1.23 bits per heavy atom. The summed E-state index contributed by atoms with van der Waals surface area (Å²) >= 11 is 1.79. The molecule has 0 aromatic heterocycles. The van der Waals surface area contributed by atoms with E-state index in [1.54, 1.807) is 11.8 Å². The summed E-state index contributed by atoms with van der Waals surface area (Å²) < 4.78 is 0. The molecule has 1 heteroatoms. The summed E-state index contributed by atoms with van der Waals surface area (Å²) in [5.41, 5.74) is 2.71. The van der Waals surface area contributed by atoms with Crippen LogP contribution in [-0.2, 0) is 0 Å². The van der Waals surface area contributed by atoms with Gasteiger partial charge in [-0.15, -0.1) is 17.7 Å². The summed E-state index contributed by atoms with van der Waals surface area (Å²) in [7, 11) is 0. The topological polar surface area (TPSA) is 0 Å². The first-order valence-corrected chi connectivity index (χ1v) is 5.32. The largest absolute Gasteiger partial charge is 0.113 e. The van der Waals surface area contributed by atoms with Crippen LogP contribution in [0.4, 0.5) is 0 Å². The van der Waals surface area contributed by atoms with Gasteiger partial charge in [0.15, 0.2) is 0 Å². The normalized spacial score (nSPS) is 9.15. The van der Waals surface area contributed by atoms with Crippen molar-refractivity contribution in [2.45, 2.75) is 25.7 Å². The van der Waals surface area contributed by atoms with Crippen LogP contribution in [0.1, 0.15) is 18.1 Å². The van der Waals surface area contributed by atoms with E-state index in [0.29, 0.717) is 0 Å². The molecule has 0 aliphatic carbocycles. The van der Waals surface area contributed by atoms with Crippen molar-refractivity contribution < 1.29 is 0 Å². The summed E-state index contributed by atoms with van der Waals surface area (Å²) in [6, 6.07) is 6.54. The number of hydrogen-bond donors (Lipinski definition) is 0. The molecule has 0 amide bonds. The standard InChI is InChI=1S/C12H14S/c1-4-5-8-13-12-7-6-10(2)11(3)9-12/h6-7,9H,8H2,1-3H3. The Labute approximate surface area is 84.7 Å². The van der Waals surface area contributed by atoms with Gasteiger partial charge in [-0.2, -0.15) is 0 Å². The van der Waals surface area contributed by atoms with E-state index in [0.717, 1.165) is 5.75 Å². The van der Waals surface area contributed by atoms with E-state index in [1.807, 2.05) is 6.92 Å². The van der Waals surface area contributed by atoms with Crippen LogP contribution in [0.15, 0.2) is 23.1 Å². The zero-order valence-electron chi connectivity index (χ0n) is 8.35. The zero-order valence-corrected chi connectivity index (χ0v) is 9.16. The molecule has 1 aromatic rings. The van der Waals surface area contributed by atoms with Crippen molar-refractivity contribution in [3.8, 4) is 11.8 Å². The summed E-state index contributed by atoms with van der Waals surface area (Å²) in [5, 5.41) is 0. The van der Waals surface area contributed by atoms with Gasteiger partial charge in [0.2, 0.25) is 0 Å². The fourth-order valence-corrected chi connectivity index (χ4v) is 1.80. The first kappa shape index (κ1) is 10.2. The number of hydrogen-bond acceptors (Lipinski definition) is 1. The number of benzene rings is 1. The van der Waals surface area contributed by atoms with Crippen LogP contribution >= 0.6 is 11.8 Å². The van der Waals surface area contributed by atoms with Crippen molar-refractivity contribution in [3.63, 3.8) is 0 Å². The lowest BCUT2D eigenvalue weighted by atomic mass is 10.1. The van der Waals surface area contributed by atoms with E-state index in [9.17, 15) is 0 Å². The van der Waals surface area contributed by atoms with Crippen molar-refractivity contribution in [2.75, 3.05) is 5.75 Å². The highest BCUT2D eigenvalue weighted by Gasteiger charge is 1.95. The smallest absolute Gasteiger partial charge is 0.0594 e. The zero-order chi connectivity index (χ0) is 9.68. The Kier molecular flexibility index (Phi) is 3.92. The van der Waals surface area contributed by atoms with Crippen LogP contribution in [0.3, 0.4) is 0 Å². The summed E-state index contributed by atoms with van der Waals surface area (Å²) in [6.07, 6.45) is 0. The molecular weight excluding hydrogens is 176 g/mol. The fourth-order valence-electron chi connectivity index (χ4n) is 0.995. The van der Waals surface area contributed by atoms with Gasteiger partial charge in [0.1, 0.15) is 0 Å². The maximum atomic E-state index is 3.04. The number of rotatable bonds is 2. The lowest BCUT2D eigenvalue weighted by Crippen LogP contribution is -1.81. The molecule has 0 aliphatic heterocycles. The molecule has 0 atom stereocenters. The SMILES string of the molecule is CC#CCSc1ccc(C)c(C)c1. The van der Waals surface area contributed by atoms with E-state index < -0.39 is 0 Å². The number of thioether (sulfide) groups is 1. The second kappa shape index (κ2) is 4.99. The molecule has 1 rings (SSSR count). The molecule has 13 heavy (non-hydrogen) atoms. The minimum Gasteiger partial charge on any atom is -0.113 e. The van der Waals surface area contributed by atoms with Gasteiger partial charge in [-0.3, -0.25) is 0 Å². The minimum absolute atomic E-state index is 0.888. The van der Waals surface area contributed by atoms with Crippen LogP contribution < -0.4 is 0 Å². The van der Waals surface area contributed by atoms with Gasteiger partial charge in [0, 0.05) is 4.90 Å². The van der Waals surface area contributed by atoms with Crippen LogP contribution in [-0.4, -0.2) is 5.75 Å². The number of aryl methyl sites for hydroxylation is 2. The Balaban J connectivity index is 2.66. The average molecular weight is 190 g/mol. The molecule has 0 heterocycles. The van der Waals surface area contributed by atoms with Crippen LogP contribution in [0.2, 0.25) is 0 Å². The average Bonchev–Trinajstić information content (AvgIpc) is 2.12. The third kappa shape index (κ3) is 3.16. The van der Waals surface area contributed by atoms with E-state index in [-0.39, 0.29) is 0 Å². The molecule has 0 fully saturated rings. The van der Waals surface area contributed by atoms with E-state index in [1.165, 1.54) is 16.0 Å².